The lowest BCUT2D eigenvalue weighted by atomic mass is 9.99. The van der Waals surface area contributed by atoms with E-state index >= 15 is 0 Å². The number of hydrogen-bond acceptors (Lipinski definition) is 7. The summed E-state index contributed by atoms with van der Waals surface area (Å²) in [6.45, 7) is 2.11. The number of benzene rings is 1. The van der Waals surface area contributed by atoms with Crippen LogP contribution in [0.2, 0.25) is 5.02 Å². The molecule has 36 heavy (non-hydrogen) atoms. The van der Waals surface area contributed by atoms with Crippen LogP contribution in [0.25, 0.3) is 16.8 Å². The van der Waals surface area contributed by atoms with Crippen LogP contribution >= 0.6 is 11.6 Å². The molecule has 0 saturated heterocycles. The maximum atomic E-state index is 13.5. The van der Waals surface area contributed by atoms with E-state index in [-0.39, 0.29) is 18.8 Å². The van der Waals surface area contributed by atoms with Gasteiger partial charge in [-0.05, 0) is 43.2 Å². The zero-order valence-corrected chi connectivity index (χ0v) is 20.8. The molecule has 184 valence electrons. The quantitative estimate of drug-likeness (QED) is 0.340. The van der Waals surface area contributed by atoms with E-state index in [9.17, 15) is 14.9 Å². The number of pyridine rings is 2. The second-order valence-corrected chi connectivity index (χ2v) is 8.69. The Morgan fingerprint density at radius 3 is 2.67 bits per heavy atom. The van der Waals surface area contributed by atoms with Crippen molar-refractivity contribution in [1.82, 2.24) is 19.2 Å². The van der Waals surface area contributed by atoms with Gasteiger partial charge in [-0.15, -0.1) is 10.2 Å². The maximum absolute atomic E-state index is 13.5. The van der Waals surface area contributed by atoms with Crippen molar-refractivity contribution in [3.63, 3.8) is 0 Å². The van der Waals surface area contributed by atoms with Crippen LogP contribution in [0, 0.1) is 18.3 Å². The van der Waals surface area contributed by atoms with Gasteiger partial charge in [-0.3, -0.25) is 14.0 Å². The van der Waals surface area contributed by atoms with E-state index in [0.29, 0.717) is 45.4 Å². The first-order valence-electron chi connectivity index (χ1n) is 11.2. The van der Waals surface area contributed by atoms with E-state index in [1.807, 2.05) is 23.6 Å². The van der Waals surface area contributed by atoms with Gasteiger partial charge in [-0.1, -0.05) is 17.7 Å². The van der Waals surface area contributed by atoms with Gasteiger partial charge in [0.05, 0.1) is 31.0 Å². The number of fused-ring (bicyclic) bond motifs is 1. The number of halogens is 1. The Hall–Kier alpha value is -4.00. The van der Waals surface area contributed by atoms with Gasteiger partial charge in [0.15, 0.2) is 11.4 Å². The van der Waals surface area contributed by atoms with Crippen molar-refractivity contribution < 1.29 is 14.3 Å². The maximum Gasteiger partial charge on any atom is 0.252 e. The number of nitriles is 1. The Morgan fingerprint density at radius 2 is 1.94 bits per heavy atom. The number of Topliss-reactive ketones (excluding diaryl/α,β-unsaturated/α-hetero) is 1. The summed E-state index contributed by atoms with van der Waals surface area (Å²) in [6, 6.07) is 11.1. The Labute approximate surface area is 212 Å². The van der Waals surface area contributed by atoms with Gasteiger partial charge in [0, 0.05) is 48.6 Å². The minimum absolute atomic E-state index is 0.103. The summed E-state index contributed by atoms with van der Waals surface area (Å²) in [5.74, 6) is 0.893. The number of aromatic nitrogens is 4. The molecule has 1 atom stereocenters. The van der Waals surface area contributed by atoms with Crippen molar-refractivity contribution in [2.75, 3.05) is 20.8 Å². The summed E-state index contributed by atoms with van der Waals surface area (Å²) < 4.78 is 14.0. The van der Waals surface area contributed by atoms with Crippen LogP contribution in [0.5, 0.6) is 5.75 Å². The molecule has 0 spiro atoms. The monoisotopic (exact) mass is 505 g/mol. The van der Waals surface area contributed by atoms with E-state index in [2.05, 4.69) is 16.3 Å². The fraction of sp³-hybridized carbons (Fsp3) is 0.269. The molecule has 10 heteroatoms. The zero-order valence-electron chi connectivity index (χ0n) is 20.1. The Morgan fingerprint density at radius 1 is 1.14 bits per heavy atom. The third kappa shape index (κ3) is 5.00. The van der Waals surface area contributed by atoms with Gasteiger partial charge < -0.3 is 14.0 Å². The fourth-order valence-electron chi connectivity index (χ4n) is 4.14. The first-order chi connectivity index (χ1) is 17.4. The predicted octanol–water partition coefficient (Wildman–Crippen LogP) is 3.79. The third-order valence-electron chi connectivity index (χ3n) is 5.97. The Balaban J connectivity index is 1.74. The average molecular weight is 506 g/mol. The summed E-state index contributed by atoms with van der Waals surface area (Å²) in [7, 11) is 3.01. The first kappa shape index (κ1) is 25.1. The fourth-order valence-corrected chi connectivity index (χ4v) is 4.31. The molecule has 3 aromatic heterocycles. The molecule has 0 amide bonds. The molecule has 3 heterocycles. The molecule has 0 radical (unpaired) electrons. The number of methoxy groups -OCH3 is 2. The highest BCUT2D eigenvalue weighted by molar-refractivity contribution is 6.31. The van der Waals surface area contributed by atoms with Crippen LogP contribution in [-0.2, 0) is 16.0 Å². The van der Waals surface area contributed by atoms with Gasteiger partial charge in [-0.2, -0.15) is 5.26 Å². The van der Waals surface area contributed by atoms with Gasteiger partial charge in [0.25, 0.3) is 5.56 Å². The van der Waals surface area contributed by atoms with E-state index < -0.39 is 11.6 Å². The summed E-state index contributed by atoms with van der Waals surface area (Å²) in [5.41, 5.74) is 2.30. The second-order valence-electron chi connectivity index (χ2n) is 8.26. The lowest BCUT2D eigenvalue weighted by Gasteiger charge is -2.21. The molecular formula is C26H24ClN5O4. The van der Waals surface area contributed by atoms with Crippen molar-refractivity contribution in [2.24, 2.45) is 0 Å². The lowest BCUT2D eigenvalue weighted by molar-refractivity contribution is -0.122. The third-order valence-corrected chi connectivity index (χ3v) is 6.21. The number of carbonyl (C=O) groups excluding carboxylic acids is 1. The van der Waals surface area contributed by atoms with Crippen LogP contribution < -0.4 is 10.3 Å². The number of ketones is 1. The Bertz CT molecular complexity index is 1540. The van der Waals surface area contributed by atoms with Crippen LogP contribution in [0.1, 0.15) is 29.4 Å². The van der Waals surface area contributed by atoms with Crippen molar-refractivity contribution in [3.8, 4) is 22.9 Å². The van der Waals surface area contributed by atoms with Crippen molar-refractivity contribution in [3.05, 3.63) is 81.1 Å². The minimum atomic E-state index is -0.784. The molecule has 0 N–H and O–H groups in total. The topological polar surface area (TPSA) is 112 Å². The molecule has 0 aliphatic carbocycles. The van der Waals surface area contributed by atoms with Gasteiger partial charge in [-0.25, -0.2) is 0 Å². The predicted molar refractivity (Wildman–Crippen MR) is 134 cm³/mol. The summed E-state index contributed by atoms with van der Waals surface area (Å²) in [4.78, 5) is 26.8. The van der Waals surface area contributed by atoms with Crippen LogP contribution in [0.3, 0.4) is 0 Å². The number of nitrogens with zero attached hydrogens (tertiary/aromatic N) is 5. The first-order valence-corrected chi connectivity index (χ1v) is 11.6. The second kappa shape index (κ2) is 10.7. The number of ether oxygens (including phenoxy) is 2. The van der Waals surface area contributed by atoms with Crippen LogP contribution in [0.15, 0.2) is 53.6 Å². The molecule has 0 aliphatic heterocycles. The molecule has 0 saturated carbocycles. The zero-order chi connectivity index (χ0) is 25.8. The van der Waals surface area contributed by atoms with Gasteiger partial charge >= 0.3 is 0 Å². The molecule has 0 fully saturated rings. The average Bonchev–Trinajstić information content (AvgIpc) is 3.24. The largest absolute Gasteiger partial charge is 0.495 e. The van der Waals surface area contributed by atoms with Crippen LogP contribution in [-0.4, -0.2) is 45.8 Å². The molecule has 9 nitrogen and oxygen atoms in total. The van der Waals surface area contributed by atoms with E-state index in [1.54, 1.807) is 31.4 Å². The number of rotatable bonds is 9. The van der Waals surface area contributed by atoms with Gasteiger partial charge in [0.1, 0.15) is 11.6 Å². The molecule has 1 aromatic carbocycles. The highest BCUT2D eigenvalue weighted by Gasteiger charge is 2.24. The number of hydrogen-bond donors (Lipinski definition) is 0. The van der Waals surface area contributed by atoms with Crippen molar-refractivity contribution in [2.45, 2.75) is 25.8 Å². The molecule has 0 aliphatic rings. The van der Waals surface area contributed by atoms with Gasteiger partial charge in [0.2, 0.25) is 0 Å². The van der Waals surface area contributed by atoms with E-state index in [4.69, 9.17) is 21.1 Å². The van der Waals surface area contributed by atoms with Crippen molar-refractivity contribution in [1.29, 1.82) is 5.26 Å². The lowest BCUT2D eigenvalue weighted by Crippen LogP contribution is -2.31. The highest BCUT2D eigenvalue weighted by atomic mass is 35.5. The van der Waals surface area contributed by atoms with Crippen molar-refractivity contribution >= 4 is 23.0 Å². The van der Waals surface area contributed by atoms with Crippen LogP contribution in [0.4, 0.5) is 0 Å². The SMILES string of the molecule is COCCC(C(=O)Cc1ccc2nnc(C)n2c1)n1cc(OC)c(-c2cc(Cl)ccc2C#N)cc1=O. The van der Waals surface area contributed by atoms with E-state index in [1.165, 1.54) is 23.9 Å². The number of carbonyl (C=O) groups is 1. The molecule has 4 rings (SSSR count). The summed E-state index contributed by atoms with van der Waals surface area (Å²) >= 11 is 6.15. The minimum Gasteiger partial charge on any atom is -0.495 e. The normalized spacial score (nSPS) is 11.9. The highest BCUT2D eigenvalue weighted by Crippen LogP contribution is 2.33. The summed E-state index contributed by atoms with van der Waals surface area (Å²) in [6.07, 6.45) is 3.73. The summed E-state index contributed by atoms with van der Waals surface area (Å²) in [5, 5.41) is 18.1. The molecule has 4 aromatic rings. The molecule has 0 bridgehead atoms. The standard InChI is InChI=1S/C26H24ClN5O4/c1-16-29-30-25-7-4-17(14-31(16)25)10-23(33)22(8-9-35-2)32-15-24(36-3)21(12-26(32)34)20-11-19(27)6-5-18(20)13-28/h4-7,11-12,14-15,22H,8-10H2,1-3H3. The van der Waals surface area contributed by atoms with E-state index in [0.717, 1.165) is 5.56 Å². The Kier molecular flexibility index (Phi) is 7.48. The number of aryl methyl sites for hydroxylation is 1. The molecular weight excluding hydrogens is 482 g/mol. The smallest absolute Gasteiger partial charge is 0.252 e. The molecule has 1 unspecified atom stereocenters.